The molecule has 116 valence electrons. The summed E-state index contributed by atoms with van der Waals surface area (Å²) in [6, 6.07) is 1.03. The van der Waals surface area contributed by atoms with E-state index in [0.29, 0.717) is 30.4 Å². The molecule has 0 bridgehead atoms. The van der Waals surface area contributed by atoms with Crippen molar-refractivity contribution in [3.05, 3.63) is 5.89 Å². The van der Waals surface area contributed by atoms with Gasteiger partial charge in [-0.1, -0.05) is 32.8 Å². The summed E-state index contributed by atoms with van der Waals surface area (Å²) in [5.41, 5.74) is 0. The minimum atomic E-state index is 0.408. The molecule has 0 unspecified atom stereocenters. The molecule has 6 nitrogen and oxygen atoms in total. The first-order valence-electron chi connectivity index (χ1n) is 7.34. The van der Waals surface area contributed by atoms with Crippen LogP contribution in [0, 0.1) is 5.92 Å². The lowest BCUT2D eigenvalue weighted by Crippen LogP contribution is -2.34. The van der Waals surface area contributed by atoms with Gasteiger partial charge in [0.25, 0.3) is 0 Å². The van der Waals surface area contributed by atoms with Crippen molar-refractivity contribution in [2.75, 3.05) is 38.6 Å². The van der Waals surface area contributed by atoms with E-state index >= 15 is 0 Å². The van der Waals surface area contributed by atoms with Crippen molar-refractivity contribution >= 4 is 6.01 Å². The van der Waals surface area contributed by atoms with Crippen molar-refractivity contribution in [1.82, 2.24) is 20.4 Å². The Labute approximate surface area is 122 Å². The fourth-order valence-corrected chi connectivity index (χ4v) is 1.76. The standard InChI is InChI=1S/C14H29N5O/c1-11(2)10-19(8-7-18(5)6)14-17-16-13(20-14)9-15-12(3)4/h11-12,15H,7-10H2,1-6H3. The van der Waals surface area contributed by atoms with Crippen LogP contribution in [0.15, 0.2) is 4.42 Å². The van der Waals surface area contributed by atoms with Gasteiger partial charge in [-0.05, 0) is 20.0 Å². The van der Waals surface area contributed by atoms with Crippen LogP contribution in [-0.4, -0.2) is 54.9 Å². The number of likely N-dealkylation sites (N-methyl/N-ethyl adjacent to an activating group) is 1. The Kier molecular flexibility index (Phi) is 6.95. The predicted octanol–water partition coefficient (Wildman–Crippen LogP) is 1.59. The van der Waals surface area contributed by atoms with Gasteiger partial charge in [-0.3, -0.25) is 0 Å². The molecular weight excluding hydrogens is 254 g/mol. The molecule has 0 radical (unpaired) electrons. The molecule has 0 aliphatic carbocycles. The van der Waals surface area contributed by atoms with E-state index < -0.39 is 0 Å². The van der Waals surface area contributed by atoms with Gasteiger partial charge in [-0.15, -0.1) is 5.10 Å². The smallest absolute Gasteiger partial charge is 0.318 e. The van der Waals surface area contributed by atoms with Gasteiger partial charge in [-0.25, -0.2) is 0 Å². The molecule has 0 atom stereocenters. The molecule has 1 heterocycles. The second-order valence-corrected chi connectivity index (χ2v) is 6.16. The van der Waals surface area contributed by atoms with Crippen LogP contribution in [0.2, 0.25) is 0 Å². The minimum absolute atomic E-state index is 0.408. The summed E-state index contributed by atoms with van der Waals surface area (Å²) in [4.78, 5) is 4.32. The molecule has 1 N–H and O–H groups in total. The summed E-state index contributed by atoms with van der Waals surface area (Å²) in [5.74, 6) is 1.20. The van der Waals surface area contributed by atoms with Gasteiger partial charge in [0.05, 0.1) is 6.54 Å². The summed E-state index contributed by atoms with van der Waals surface area (Å²) in [6.07, 6.45) is 0. The van der Waals surface area contributed by atoms with Crippen LogP contribution >= 0.6 is 0 Å². The second kappa shape index (κ2) is 8.21. The summed E-state index contributed by atoms with van der Waals surface area (Å²) < 4.78 is 5.75. The van der Waals surface area contributed by atoms with Crippen LogP contribution in [0.25, 0.3) is 0 Å². The lowest BCUT2D eigenvalue weighted by atomic mass is 10.2. The zero-order valence-corrected chi connectivity index (χ0v) is 13.7. The van der Waals surface area contributed by atoms with Crippen LogP contribution in [0.5, 0.6) is 0 Å². The van der Waals surface area contributed by atoms with E-state index in [1.807, 2.05) is 0 Å². The Bertz CT molecular complexity index is 375. The predicted molar refractivity (Wildman–Crippen MR) is 81.9 cm³/mol. The highest BCUT2D eigenvalue weighted by atomic mass is 16.4. The SMILES string of the molecule is CC(C)CN(CCN(C)C)c1nnc(CNC(C)C)o1. The number of nitrogens with zero attached hydrogens (tertiary/aromatic N) is 4. The van der Waals surface area contributed by atoms with E-state index in [0.717, 1.165) is 19.6 Å². The fourth-order valence-electron chi connectivity index (χ4n) is 1.76. The number of rotatable bonds is 9. The third-order valence-electron chi connectivity index (χ3n) is 2.79. The first-order valence-corrected chi connectivity index (χ1v) is 7.34. The molecule has 0 aliphatic heterocycles. The molecule has 1 aromatic rings. The minimum Gasteiger partial charge on any atom is -0.407 e. The number of nitrogens with one attached hydrogen (secondary N) is 1. The molecule has 1 aromatic heterocycles. The van der Waals surface area contributed by atoms with Gasteiger partial charge in [0.15, 0.2) is 0 Å². The Morgan fingerprint density at radius 3 is 2.35 bits per heavy atom. The van der Waals surface area contributed by atoms with Crippen molar-refractivity contribution in [3.63, 3.8) is 0 Å². The average molecular weight is 283 g/mol. The number of aromatic nitrogens is 2. The summed E-state index contributed by atoms with van der Waals surface area (Å²) in [5, 5.41) is 11.6. The van der Waals surface area contributed by atoms with Gasteiger partial charge in [0.2, 0.25) is 5.89 Å². The monoisotopic (exact) mass is 283 g/mol. The topological polar surface area (TPSA) is 57.4 Å². The van der Waals surface area contributed by atoms with Crippen LogP contribution in [0.1, 0.15) is 33.6 Å². The number of hydrogen-bond donors (Lipinski definition) is 1. The lowest BCUT2D eigenvalue weighted by Gasteiger charge is -2.23. The highest BCUT2D eigenvalue weighted by Crippen LogP contribution is 2.14. The van der Waals surface area contributed by atoms with Crippen LogP contribution < -0.4 is 10.2 Å². The highest BCUT2D eigenvalue weighted by molar-refractivity contribution is 5.24. The molecule has 0 spiro atoms. The van der Waals surface area contributed by atoms with E-state index in [2.05, 4.69) is 67.1 Å². The van der Waals surface area contributed by atoms with Gasteiger partial charge < -0.3 is 19.5 Å². The van der Waals surface area contributed by atoms with Crippen LogP contribution in [-0.2, 0) is 6.54 Å². The third kappa shape index (κ3) is 6.34. The molecule has 0 aromatic carbocycles. The largest absolute Gasteiger partial charge is 0.407 e. The highest BCUT2D eigenvalue weighted by Gasteiger charge is 2.16. The van der Waals surface area contributed by atoms with Gasteiger partial charge in [0, 0.05) is 25.7 Å². The maximum absolute atomic E-state index is 5.75. The van der Waals surface area contributed by atoms with E-state index in [9.17, 15) is 0 Å². The van der Waals surface area contributed by atoms with Crippen molar-refractivity contribution in [2.45, 2.75) is 40.3 Å². The molecule has 0 saturated carbocycles. The maximum Gasteiger partial charge on any atom is 0.318 e. The molecule has 20 heavy (non-hydrogen) atoms. The van der Waals surface area contributed by atoms with Crippen LogP contribution in [0.3, 0.4) is 0 Å². The summed E-state index contributed by atoms with van der Waals surface area (Å²) in [7, 11) is 4.14. The van der Waals surface area contributed by atoms with Crippen molar-refractivity contribution < 1.29 is 4.42 Å². The van der Waals surface area contributed by atoms with Crippen LogP contribution in [0.4, 0.5) is 6.01 Å². The first kappa shape index (κ1) is 16.9. The van der Waals surface area contributed by atoms with E-state index in [4.69, 9.17) is 4.42 Å². The molecule has 0 saturated heterocycles. The maximum atomic E-state index is 5.75. The van der Waals surface area contributed by atoms with Crippen molar-refractivity contribution in [1.29, 1.82) is 0 Å². The van der Waals surface area contributed by atoms with E-state index in [-0.39, 0.29) is 0 Å². The Balaban J connectivity index is 2.64. The zero-order valence-electron chi connectivity index (χ0n) is 13.7. The Morgan fingerprint density at radius 1 is 1.10 bits per heavy atom. The third-order valence-corrected chi connectivity index (χ3v) is 2.79. The fraction of sp³-hybridized carbons (Fsp3) is 0.857. The molecule has 0 aliphatic rings. The summed E-state index contributed by atoms with van der Waals surface area (Å²) >= 11 is 0. The van der Waals surface area contributed by atoms with E-state index in [1.165, 1.54) is 0 Å². The molecule has 6 heteroatoms. The quantitative estimate of drug-likeness (QED) is 0.743. The van der Waals surface area contributed by atoms with Crippen molar-refractivity contribution in [3.8, 4) is 0 Å². The molecule has 0 amide bonds. The Morgan fingerprint density at radius 2 is 1.80 bits per heavy atom. The van der Waals surface area contributed by atoms with Crippen molar-refractivity contribution in [2.24, 2.45) is 5.92 Å². The zero-order chi connectivity index (χ0) is 15.1. The molecule has 1 rings (SSSR count). The Hall–Kier alpha value is -1.14. The van der Waals surface area contributed by atoms with Gasteiger partial charge >= 0.3 is 6.01 Å². The van der Waals surface area contributed by atoms with Gasteiger partial charge in [-0.2, -0.15) is 0 Å². The normalized spacial score (nSPS) is 11.8. The number of anilines is 1. The molecular formula is C14H29N5O. The molecule has 0 fully saturated rings. The number of hydrogen-bond acceptors (Lipinski definition) is 6. The lowest BCUT2D eigenvalue weighted by molar-refractivity contribution is 0.393. The first-order chi connectivity index (χ1) is 9.38. The van der Waals surface area contributed by atoms with Gasteiger partial charge in [0.1, 0.15) is 0 Å². The van der Waals surface area contributed by atoms with E-state index in [1.54, 1.807) is 0 Å². The average Bonchev–Trinajstić information content (AvgIpc) is 2.80. The summed E-state index contributed by atoms with van der Waals surface area (Å²) in [6.45, 7) is 12.0. The second-order valence-electron chi connectivity index (χ2n) is 6.16.